The summed E-state index contributed by atoms with van der Waals surface area (Å²) in [5.74, 6) is 0.264. The number of amides is 2. The van der Waals surface area contributed by atoms with Crippen LogP contribution < -0.4 is 5.32 Å². The van der Waals surface area contributed by atoms with Crippen LogP contribution in [-0.4, -0.2) is 45.6 Å². The van der Waals surface area contributed by atoms with Gasteiger partial charge in [-0.1, -0.05) is 6.07 Å². The third kappa shape index (κ3) is 5.01. The molecule has 3 aromatic rings. The van der Waals surface area contributed by atoms with Gasteiger partial charge in [-0.2, -0.15) is 0 Å². The Kier molecular flexibility index (Phi) is 6.38. The normalized spacial score (nSPS) is 18.9. The molecule has 2 aromatic heterocycles. The standard InChI is InChI=1S/C30H34N4O3S/c1-30(2,3)37-29(36)34-12-10-18(11-13-34)28-33-26(17-38-28)20-8-9-25-22(15-20)23(27(35)32-25)16-21-14-19-6-4-5-7-24(19)31-21/h8-9,14-18,31H,4-7,10-13H2,1-3H3,(H,32,35)/b23-16-. The van der Waals surface area contributed by atoms with Gasteiger partial charge in [0.05, 0.1) is 16.3 Å². The molecule has 0 unspecified atom stereocenters. The molecule has 1 aliphatic carbocycles. The van der Waals surface area contributed by atoms with E-state index in [9.17, 15) is 9.59 Å². The van der Waals surface area contributed by atoms with Crippen molar-refractivity contribution < 1.29 is 14.3 Å². The van der Waals surface area contributed by atoms with E-state index in [2.05, 4.69) is 27.8 Å². The van der Waals surface area contributed by atoms with Gasteiger partial charge < -0.3 is 19.9 Å². The summed E-state index contributed by atoms with van der Waals surface area (Å²) in [5.41, 5.74) is 7.57. The molecule has 1 saturated heterocycles. The topological polar surface area (TPSA) is 87.3 Å². The number of hydrogen-bond acceptors (Lipinski definition) is 5. The Labute approximate surface area is 227 Å². The predicted molar refractivity (Wildman–Crippen MR) is 151 cm³/mol. The Balaban J connectivity index is 1.18. The molecule has 2 amide bonds. The van der Waals surface area contributed by atoms with Crippen LogP contribution in [0, 0.1) is 0 Å². The van der Waals surface area contributed by atoms with Crippen molar-refractivity contribution >= 4 is 40.7 Å². The number of fused-ring (bicyclic) bond motifs is 2. The van der Waals surface area contributed by atoms with Gasteiger partial charge in [-0.3, -0.25) is 4.79 Å². The summed E-state index contributed by atoms with van der Waals surface area (Å²) in [6.45, 7) is 7.04. The van der Waals surface area contributed by atoms with Gasteiger partial charge in [-0.15, -0.1) is 11.3 Å². The number of H-pyrrole nitrogens is 1. The highest BCUT2D eigenvalue weighted by molar-refractivity contribution is 7.10. The van der Waals surface area contributed by atoms with Gasteiger partial charge in [-0.25, -0.2) is 9.78 Å². The maximum atomic E-state index is 12.8. The van der Waals surface area contributed by atoms with Gasteiger partial charge in [0.1, 0.15) is 5.60 Å². The molecule has 6 rings (SSSR count). The van der Waals surface area contributed by atoms with Crippen LogP contribution in [0.3, 0.4) is 0 Å². The summed E-state index contributed by atoms with van der Waals surface area (Å²) in [5, 5.41) is 6.22. The number of thiazole rings is 1. The summed E-state index contributed by atoms with van der Waals surface area (Å²) < 4.78 is 5.53. The molecule has 4 heterocycles. The second-order valence-corrected chi connectivity index (χ2v) is 12.4. The largest absolute Gasteiger partial charge is 0.444 e. The van der Waals surface area contributed by atoms with Crippen molar-refractivity contribution in [1.82, 2.24) is 14.9 Å². The first-order valence-electron chi connectivity index (χ1n) is 13.6. The van der Waals surface area contributed by atoms with Crippen LogP contribution in [0.5, 0.6) is 0 Å². The van der Waals surface area contributed by atoms with Crippen LogP contribution >= 0.6 is 11.3 Å². The zero-order valence-corrected chi connectivity index (χ0v) is 23.0. The molecule has 0 atom stereocenters. The molecule has 0 bridgehead atoms. The Morgan fingerprint density at radius 2 is 1.95 bits per heavy atom. The molecule has 0 spiro atoms. The molecule has 0 saturated carbocycles. The molecule has 7 nitrogen and oxygen atoms in total. The molecule has 1 aromatic carbocycles. The Hall–Kier alpha value is -3.39. The van der Waals surface area contributed by atoms with Gasteiger partial charge in [0.25, 0.3) is 5.91 Å². The third-order valence-corrected chi connectivity index (χ3v) is 8.56. The molecule has 2 aliphatic heterocycles. The number of aryl methyl sites for hydroxylation is 2. The maximum absolute atomic E-state index is 12.8. The molecule has 8 heteroatoms. The lowest BCUT2D eigenvalue weighted by atomic mass is 9.97. The number of rotatable bonds is 3. The lowest BCUT2D eigenvalue weighted by Crippen LogP contribution is -2.41. The van der Waals surface area contributed by atoms with Crippen molar-refractivity contribution in [1.29, 1.82) is 0 Å². The molecule has 0 radical (unpaired) electrons. The highest BCUT2D eigenvalue weighted by atomic mass is 32.1. The molecular weight excluding hydrogens is 496 g/mol. The van der Waals surface area contributed by atoms with Crippen molar-refractivity contribution in [3.05, 3.63) is 57.2 Å². The first kappa shape index (κ1) is 24.9. The van der Waals surface area contributed by atoms with Crippen molar-refractivity contribution in [2.45, 2.75) is 70.8 Å². The number of likely N-dealkylation sites (tertiary alicyclic amines) is 1. The van der Waals surface area contributed by atoms with E-state index in [1.54, 1.807) is 16.2 Å². The van der Waals surface area contributed by atoms with Crippen LogP contribution in [0.1, 0.15) is 79.9 Å². The second-order valence-electron chi connectivity index (χ2n) is 11.5. The van der Waals surface area contributed by atoms with Crippen LogP contribution in [0.2, 0.25) is 0 Å². The lowest BCUT2D eigenvalue weighted by molar-refractivity contribution is -0.110. The smallest absolute Gasteiger partial charge is 0.410 e. The SMILES string of the molecule is CC(C)(C)OC(=O)N1CCC(c2nc(-c3ccc4c(c3)/C(=C/c3cc5c([nH]3)CCCC5)C(=O)N4)cs2)CC1. The number of aromatic amines is 1. The van der Waals surface area contributed by atoms with Crippen LogP contribution in [0.15, 0.2) is 29.6 Å². The fourth-order valence-corrected chi connectivity index (χ4v) is 6.60. The quantitative estimate of drug-likeness (QED) is 0.372. The molecule has 38 heavy (non-hydrogen) atoms. The van der Waals surface area contributed by atoms with Crippen molar-refractivity contribution in [3.63, 3.8) is 0 Å². The Morgan fingerprint density at radius 1 is 1.16 bits per heavy atom. The van der Waals surface area contributed by atoms with Gasteiger partial charge in [0.2, 0.25) is 0 Å². The predicted octanol–water partition coefficient (Wildman–Crippen LogP) is 6.62. The van der Waals surface area contributed by atoms with E-state index in [0.29, 0.717) is 24.6 Å². The number of piperidine rings is 1. The Bertz CT molecular complexity index is 1400. The minimum atomic E-state index is -0.482. The minimum absolute atomic E-state index is 0.0690. The van der Waals surface area contributed by atoms with E-state index >= 15 is 0 Å². The lowest BCUT2D eigenvalue weighted by Gasteiger charge is -2.32. The maximum Gasteiger partial charge on any atom is 0.410 e. The van der Waals surface area contributed by atoms with Gasteiger partial charge in [0, 0.05) is 52.6 Å². The number of ether oxygens (including phenoxy) is 1. The van der Waals surface area contributed by atoms with Gasteiger partial charge >= 0.3 is 6.09 Å². The summed E-state index contributed by atoms with van der Waals surface area (Å²) >= 11 is 1.68. The average Bonchev–Trinajstić information content (AvgIpc) is 3.60. The van der Waals surface area contributed by atoms with Crippen LogP contribution in [0.4, 0.5) is 10.5 Å². The van der Waals surface area contributed by atoms with Crippen molar-refractivity contribution in [2.24, 2.45) is 0 Å². The first-order chi connectivity index (χ1) is 18.2. The number of hydrogen-bond donors (Lipinski definition) is 2. The second kappa shape index (κ2) is 9.73. The van der Waals surface area contributed by atoms with E-state index in [4.69, 9.17) is 9.72 Å². The Morgan fingerprint density at radius 3 is 2.71 bits per heavy atom. The number of benzene rings is 1. The number of carbonyl (C=O) groups excluding carboxylic acids is 2. The highest BCUT2D eigenvalue weighted by Crippen LogP contribution is 2.38. The van der Waals surface area contributed by atoms with E-state index in [1.165, 1.54) is 24.1 Å². The fraction of sp³-hybridized carbons (Fsp3) is 0.433. The summed E-state index contributed by atoms with van der Waals surface area (Å²) in [6.07, 6.45) is 8.13. The zero-order valence-electron chi connectivity index (χ0n) is 22.2. The summed E-state index contributed by atoms with van der Waals surface area (Å²) in [7, 11) is 0. The number of carbonyl (C=O) groups is 2. The zero-order chi connectivity index (χ0) is 26.4. The number of nitrogens with zero attached hydrogens (tertiary/aromatic N) is 2. The molecule has 2 N–H and O–H groups in total. The molecule has 3 aliphatic rings. The van der Waals surface area contributed by atoms with Crippen molar-refractivity contribution in [3.8, 4) is 11.3 Å². The minimum Gasteiger partial charge on any atom is -0.444 e. The molecule has 198 valence electrons. The summed E-state index contributed by atoms with van der Waals surface area (Å²) in [4.78, 5) is 35.6. The van der Waals surface area contributed by atoms with Gasteiger partial charge in [-0.05, 0) is 89.1 Å². The summed E-state index contributed by atoms with van der Waals surface area (Å²) in [6, 6.07) is 8.27. The molecular formula is C30H34N4O3S. The number of aromatic nitrogens is 2. The first-order valence-corrected chi connectivity index (χ1v) is 14.4. The number of anilines is 1. The van der Waals surface area contributed by atoms with E-state index in [0.717, 1.165) is 58.9 Å². The third-order valence-electron chi connectivity index (χ3n) is 7.55. The van der Waals surface area contributed by atoms with E-state index in [-0.39, 0.29) is 12.0 Å². The average molecular weight is 531 g/mol. The van der Waals surface area contributed by atoms with Gasteiger partial charge in [0.15, 0.2) is 0 Å². The van der Waals surface area contributed by atoms with Crippen molar-refractivity contribution in [2.75, 3.05) is 18.4 Å². The fourth-order valence-electron chi connectivity index (χ4n) is 5.60. The highest BCUT2D eigenvalue weighted by Gasteiger charge is 2.29. The molecule has 1 fully saturated rings. The van der Waals surface area contributed by atoms with E-state index in [1.807, 2.05) is 39.0 Å². The monoisotopic (exact) mass is 530 g/mol. The van der Waals surface area contributed by atoms with Crippen LogP contribution in [0.25, 0.3) is 22.9 Å². The van der Waals surface area contributed by atoms with E-state index < -0.39 is 5.60 Å². The number of nitrogens with one attached hydrogen (secondary N) is 2. The van der Waals surface area contributed by atoms with Crippen LogP contribution in [-0.2, 0) is 22.4 Å².